The molecule has 24 heteroatoms. The van der Waals surface area contributed by atoms with Crippen LogP contribution in [0, 0.1) is 13.8 Å². The maximum Gasteiger partial charge on any atom is 0.433 e. The van der Waals surface area contributed by atoms with Gasteiger partial charge in [0.1, 0.15) is 34.7 Å². The number of halogens is 6. The van der Waals surface area contributed by atoms with Crippen molar-refractivity contribution in [3.05, 3.63) is 166 Å². The molecule has 4 aromatic heterocycles. The van der Waals surface area contributed by atoms with Crippen LogP contribution in [0.15, 0.2) is 122 Å². The SMILES string of the molecule is COC(=O)[C@@H](c1ccccc1)N1CCN(C(=O)c2cnn3c(C(F)(F)F)c(C)c(-c4ccc(OC)cc4)nc23)[C@H](C)C1.COC(=O)[C@H](c1ccccc1)N1CCN(C(=O)c2cnn3c(C(F)(F)F)c(C)c(-c4ccc(OC)cc4)nc23)[C@H](C)C1. The van der Waals surface area contributed by atoms with E-state index in [1.807, 2.05) is 84.3 Å². The zero-order valence-electron chi connectivity index (χ0n) is 47.1. The molecular formula is C60H60F6N10O8. The molecule has 2 aliphatic rings. The van der Waals surface area contributed by atoms with Crippen LogP contribution in [0.25, 0.3) is 33.8 Å². The van der Waals surface area contributed by atoms with Crippen molar-refractivity contribution in [3.63, 3.8) is 0 Å². The fourth-order valence-electron chi connectivity index (χ4n) is 11.0. The normalized spacial score (nSPS) is 16.8. The zero-order valence-corrected chi connectivity index (χ0v) is 47.1. The molecule has 4 atom stereocenters. The van der Waals surface area contributed by atoms with E-state index in [1.165, 1.54) is 42.3 Å². The van der Waals surface area contributed by atoms with Gasteiger partial charge in [0.25, 0.3) is 11.8 Å². The predicted octanol–water partition coefficient (Wildman–Crippen LogP) is 9.59. The minimum Gasteiger partial charge on any atom is -0.497 e. The Labute approximate surface area is 479 Å². The summed E-state index contributed by atoms with van der Waals surface area (Å²) in [4.78, 5) is 69.2. The number of carbonyl (C=O) groups is 4. The molecular weight excluding hydrogens is 1100 g/mol. The van der Waals surface area contributed by atoms with Crippen LogP contribution in [0.3, 0.4) is 0 Å². The van der Waals surface area contributed by atoms with Crippen LogP contribution in [0.5, 0.6) is 11.5 Å². The number of carbonyl (C=O) groups excluding carboxylic acids is 4. The van der Waals surface area contributed by atoms with Crippen molar-refractivity contribution in [3.8, 4) is 34.0 Å². The highest BCUT2D eigenvalue weighted by molar-refractivity contribution is 6.01. The number of aromatic nitrogens is 6. The molecule has 6 heterocycles. The smallest absolute Gasteiger partial charge is 0.433 e. The van der Waals surface area contributed by atoms with Crippen molar-refractivity contribution >= 4 is 35.0 Å². The van der Waals surface area contributed by atoms with Crippen LogP contribution in [0.1, 0.15) is 80.3 Å². The first-order valence-corrected chi connectivity index (χ1v) is 26.6. The van der Waals surface area contributed by atoms with E-state index in [1.54, 1.807) is 58.3 Å². The molecule has 2 saturated heterocycles. The summed E-state index contributed by atoms with van der Waals surface area (Å²) in [5.74, 6) is -0.720. The summed E-state index contributed by atoms with van der Waals surface area (Å²) in [5, 5.41) is 7.92. The van der Waals surface area contributed by atoms with Gasteiger partial charge in [-0.05, 0) is 87.4 Å². The Morgan fingerprint density at radius 3 is 1.15 bits per heavy atom. The maximum absolute atomic E-state index is 14.3. The summed E-state index contributed by atoms with van der Waals surface area (Å²) in [7, 11) is 5.65. The van der Waals surface area contributed by atoms with Gasteiger partial charge < -0.3 is 28.7 Å². The Kier molecular flexibility index (Phi) is 17.4. The number of alkyl halides is 6. The lowest BCUT2D eigenvalue weighted by Crippen LogP contribution is -2.55. The highest BCUT2D eigenvalue weighted by Gasteiger charge is 2.43. The number of hydrogen-bond donors (Lipinski definition) is 0. The van der Waals surface area contributed by atoms with Crippen molar-refractivity contribution in [2.75, 3.05) is 67.7 Å². The molecule has 8 aromatic rings. The number of rotatable bonds is 12. The number of esters is 2. The summed E-state index contributed by atoms with van der Waals surface area (Å²) in [5.41, 5.74) is -0.0706. The number of piperazine rings is 2. The molecule has 0 spiro atoms. The van der Waals surface area contributed by atoms with Gasteiger partial charge in [-0.2, -0.15) is 36.5 Å². The Morgan fingerprint density at radius 1 is 0.512 bits per heavy atom. The first kappa shape index (κ1) is 59.7. The largest absolute Gasteiger partial charge is 0.497 e. The van der Waals surface area contributed by atoms with E-state index in [-0.39, 0.29) is 70.1 Å². The van der Waals surface area contributed by atoms with Gasteiger partial charge in [0.2, 0.25) is 0 Å². The lowest BCUT2D eigenvalue weighted by atomic mass is 10.0. The molecule has 0 radical (unpaired) electrons. The molecule has 18 nitrogen and oxygen atoms in total. The van der Waals surface area contributed by atoms with Gasteiger partial charge in [-0.3, -0.25) is 19.4 Å². The monoisotopic (exact) mass is 1160 g/mol. The number of amides is 2. The summed E-state index contributed by atoms with van der Waals surface area (Å²) < 4.78 is 108. The average molecular weight is 1160 g/mol. The summed E-state index contributed by atoms with van der Waals surface area (Å²) in [6, 6.07) is 29.4. The Balaban J connectivity index is 0.000000202. The molecule has 440 valence electrons. The Morgan fingerprint density at radius 2 is 0.857 bits per heavy atom. The minimum atomic E-state index is -4.75. The molecule has 0 N–H and O–H groups in total. The Hall–Kier alpha value is -8.90. The quantitative estimate of drug-likeness (QED) is 0.0834. The third-order valence-corrected chi connectivity index (χ3v) is 15.1. The van der Waals surface area contributed by atoms with Crippen LogP contribution in [-0.2, 0) is 31.4 Å². The third kappa shape index (κ3) is 11.8. The molecule has 0 aliphatic carbocycles. The standard InChI is InChI=1S/2C30H30F3N5O4/c2*1-18-17-36(25(29(40)42-4)21-8-6-5-7-9-21)14-15-37(18)28(39)23-16-34-38-26(30(31,32)33)19(2)24(35-27(23)38)20-10-12-22(41-3)13-11-20/h2*5-13,16,18,25H,14-15,17H2,1-4H3/t18-,25+;18-,25-/m11/s1. The topological polar surface area (TPSA) is 179 Å². The molecule has 4 aromatic carbocycles. The van der Waals surface area contributed by atoms with E-state index in [0.29, 0.717) is 57.8 Å². The van der Waals surface area contributed by atoms with Crippen LogP contribution in [0.4, 0.5) is 26.3 Å². The van der Waals surface area contributed by atoms with Crippen LogP contribution in [-0.4, -0.2) is 152 Å². The average Bonchev–Trinajstić information content (AvgIpc) is 1.68. The van der Waals surface area contributed by atoms with Gasteiger partial charge in [0.15, 0.2) is 22.7 Å². The zero-order chi connectivity index (χ0) is 60.4. The lowest BCUT2D eigenvalue weighted by Gasteiger charge is -2.42. The molecule has 0 unspecified atom stereocenters. The molecule has 2 fully saturated rings. The number of nitrogens with zero attached hydrogens (tertiary/aromatic N) is 10. The maximum atomic E-state index is 14.3. The van der Waals surface area contributed by atoms with Gasteiger partial charge in [-0.1, -0.05) is 60.7 Å². The highest BCUT2D eigenvalue weighted by Crippen LogP contribution is 2.40. The minimum absolute atomic E-state index is 0.0388. The fraction of sp³-hybridized carbons (Fsp3) is 0.333. The summed E-state index contributed by atoms with van der Waals surface area (Å²) in [6.07, 6.45) is -7.23. The first-order valence-electron chi connectivity index (χ1n) is 26.6. The van der Waals surface area contributed by atoms with Crippen LogP contribution >= 0.6 is 0 Å². The number of methoxy groups -OCH3 is 4. The predicted molar refractivity (Wildman–Crippen MR) is 296 cm³/mol. The Bertz CT molecular complexity index is 3450. The summed E-state index contributed by atoms with van der Waals surface area (Å²) in [6.45, 7) is 8.19. The molecule has 2 amide bonds. The third-order valence-electron chi connectivity index (χ3n) is 15.1. The number of benzene rings is 4. The van der Waals surface area contributed by atoms with E-state index in [9.17, 15) is 45.5 Å². The van der Waals surface area contributed by atoms with E-state index in [4.69, 9.17) is 18.9 Å². The molecule has 0 saturated carbocycles. The second kappa shape index (κ2) is 24.5. The number of fused-ring (bicyclic) bond motifs is 2. The summed E-state index contributed by atoms with van der Waals surface area (Å²) >= 11 is 0. The van der Waals surface area contributed by atoms with E-state index in [2.05, 4.69) is 20.2 Å². The van der Waals surface area contributed by atoms with E-state index in [0.717, 1.165) is 23.5 Å². The molecule has 10 rings (SSSR count). The molecule has 84 heavy (non-hydrogen) atoms. The van der Waals surface area contributed by atoms with E-state index >= 15 is 0 Å². The van der Waals surface area contributed by atoms with Gasteiger partial charge in [0, 0.05) is 73.6 Å². The second-order valence-corrected chi connectivity index (χ2v) is 20.3. The first-order chi connectivity index (χ1) is 40.1. The van der Waals surface area contributed by atoms with Crippen LogP contribution < -0.4 is 9.47 Å². The van der Waals surface area contributed by atoms with Crippen molar-refractivity contribution in [1.82, 2.24) is 48.8 Å². The van der Waals surface area contributed by atoms with E-state index < -0.39 is 59.6 Å². The van der Waals surface area contributed by atoms with Crippen molar-refractivity contribution in [2.24, 2.45) is 0 Å². The number of hydrogen-bond acceptors (Lipinski definition) is 14. The van der Waals surface area contributed by atoms with Crippen molar-refractivity contribution in [2.45, 2.75) is 64.2 Å². The molecule has 2 aliphatic heterocycles. The highest BCUT2D eigenvalue weighted by atomic mass is 19.4. The lowest BCUT2D eigenvalue weighted by molar-refractivity contribution is -0.149. The van der Waals surface area contributed by atoms with Gasteiger partial charge >= 0.3 is 24.3 Å². The van der Waals surface area contributed by atoms with Crippen LogP contribution in [0.2, 0.25) is 0 Å². The van der Waals surface area contributed by atoms with Gasteiger partial charge in [-0.25, -0.2) is 28.6 Å². The van der Waals surface area contributed by atoms with Crippen molar-refractivity contribution in [1.29, 1.82) is 0 Å². The van der Waals surface area contributed by atoms with Gasteiger partial charge in [0.05, 0.1) is 52.2 Å². The van der Waals surface area contributed by atoms with Gasteiger partial charge in [-0.15, -0.1) is 0 Å². The molecule has 0 bridgehead atoms. The second-order valence-electron chi connectivity index (χ2n) is 20.3. The number of ether oxygens (including phenoxy) is 4. The van der Waals surface area contributed by atoms with Crippen molar-refractivity contribution < 1.29 is 64.5 Å². The fourth-order valence-corrected chi connectivity index (χ4v) is 11.0.